The zero-order chi connectivity index (χ0) is 14.3. The largest absolute Gasteiger partial charge is 0.509 e. The molecule has 1 fully saturated rings. The molecule has 1 amide bonds. The van der Waals surface area contributed by atoms with Gasteiger partial charge in [-0.2, -0.15) is 0 Å². The molecule has 0 aliphatic carbocycles. The van der Waals surface area contributed by atoms with Crippen LogP contribution < -0.4 is 0 Å². The van der Waals surface area contributed by atoms with Crippen LogP contribution in [0.15, 0.2) is 11.5 Å². The first kappa shape index (κ1) is 13.9. The maximum absolute atomic E-state index is 12.0. The van der Waals surface area contributed by atoms with Gasteiger partial charge in [-0.25, -0.2) is 4.79 Å². The molecule has 19 heavy (non-hydrogen) atoms. The number of carbonyl (C=O) groups is 2. The third-order valence-corrected chi connectivity index (χ3v) is 3.77. The lowest BCUT2D eigenvalue weighted by atomic mass is 9.79. The van der Waals surface area contributed by atoms with E-state index >= 15 is 0 Å². The summed E-state index contributed by atoms with van der Waals surface area (Å²) in [5.41, 5.74) is -0.0622. The van der Waals surface area contributed by atoms with Crippen LogP contribution in [0.25, 0.3) is 0 Å². The van der Waals surface area contributed by atoms with Gasteiger partial charge in [0.2, 0.25) is 5.91 Å². The monoisotopic (exact) mass is 269 g/mol. The second-order valence-corrected chi connectivity index (χ2v) is 5.12. The van der Waals surface area contributed by atoms with E-state index in [-0.39, 0.29) is 35.9 Å². The van der Waals surface area contributed by atoms with E-state index in [0.717, 1.165) is 0 Å². The molecule has 106 valence electrons. The van der Waals surface area contributed by atoms with E-state index in [1.54, 1.807) is 6.92 Å². The van der Waals surface area contributed by atoms with E-state index in [1.807, 2.05) is 6.92 Å². The van der Waals surface area contributed by atoms with Gasteiger partial charge in [0.05, 0.1) is 24.7 Å². The molecule has 2 aliphatic rings. The number of aliphatic hydroxyl groups is 2. The minimum absolute atomic E-state index is 0.0622. The number of β-lactam (4-membered cyclic amide) rings is 1. The van der Waals surface area contributed by atoms with Gasteiger partial charge in [0.25, 0.3) is 0 Å². The van der Waals surface area contributed by atoms with Gasteiger partial charge in [-0.3, -0.25) is 9.69 Å². The summed E-state index contributed by atoms with van der Waals surface area (Å²) in [7, 11) is 0. The molecular formula is C13H19NO5. The van der Waals surface area contributed by atoms with E-state index in [4.69, 9.17) is 4.74 Å². The van der Waals surface area contributed by atoms with Crippen LogP contribution in [0.1, 0.15) is 27.2 Å². The van der Waals surface area contributed by atoms with Gasteiger partial charge >= 0.3 is 5.97 Å². The summed E-state index contributed by atoms with van der Waals surface area (Å²) in [5, 5.41) is 19.6. The second-order valence-electron chi connectivity index (χ2n) is 5.12. The zero-order valence-corrected chi connectivity index (χ0v) is 11.3. The van der Waals surface area contributed by atoms with Crippen LogP contribution in [0.4, 0.5) is 0 Å². The van der Waals surface area contributed by atoms with Crippen LogP contribution in [0, 0.1) is 11.8 Å². The van der Waals surface area contributed by atoms with Gasteiger partial charge in [0.15, 0.2) is 5.70 Å². The van der Waals surface area contributed by atoms with Crippen LogP contribution in [-0.4, -0.2) is 45.7 Å². The third kappa shape index (κ3) is 1.90. The molecule has 0 aromatic rings. The van der Waals surface area contributed by atoms with Crippen LogP contribution in [0.3, 0.4) is 0 Å². The molecule has 0 aromatic heterocycles. The molecule has 0 aromatic carbocycles. The Morgan fingerprint density at radius 1 is 1.53 bits per heavy atom. The quantitative estimate of drug-likeness (QED) is 0.575. The Kier molecular flexibility index (Phi) is 3.54. The number of hydrogen-bond acceptors (Lipinski definition) is 5. The number of esters is 1. The average Bonchev–Trinajstić information content (AvgIpc) is 2.57. The van der Waals surface area contributed by atoms with Gasteiger partial charge in [-0.15, -0.1) is 0 Å². The van der Waals surface area contributed by atoms with Crippen molar-refractivity contribution in [1.29, 1.82) is 0 Å². The highest BCUT2D eigenvalue weighted by atomic mass is 16.5. The predicted octanol–water partition coefficient (Wildman–Crippen LogP) is 0.567. The van der Waals surface area contributed by atoms with Crippen molar-refractivity contribution >= 4 is 11.9 Å². The highest BCUT2D eigenvalue weighted by Crippen LogP contribution is 2.46. The number of ether oxygens (including phenoxy) is 1. The summed E-state index contributed by atoms with van der Waals surface area (Å²) in [4.78, 5) is 25.1. The fraction of sp³-hybridized carbons (Fsp3) is 0.692. The molecular weight excluding hydrogens is 250 g/mol. The van der Waals surface area contributed by atoms with Crippen molar-refractivity contribution in [3.05, 3.63) is 11.5 Å². The van der Waals surface area contributed by atoms with E-state index in [2.05, 4.69) is 0 Å². The summed E-state index contributed by atoms with van der Waals surface area (Å²) in [6.07, 6.45) is -0.127. The first-order valence-electron chi connectivity index (χ1n) is 6.53. The number of fused-ring (bicyclic) bond motifs is 1. The normalized spacial score (nSPS) is 31.1. The van der Waals surface area contributed by atoms with E-state index in [0.29, 0.717) is 6.42 Å². The molecule has 6 heteroatoms. The number of rotatable bonds is 4. The Morgan fingerprint density at radius 2 is 2.16 bits per heavy atom. The highest BCUT2D eigenvalue weighted by molar-refractivity contribution is 6.00. The van der Waals surface area contributed by atoms with Gasteiger partial charge in [0.1, 0.15) is 5.76 Å². The molecule has 4 atom stereocenters. The SMILES string of the molecule is CCCOC(=O)C1=C(O)[C@H](C)[C@@H]2[C@@H]([C@@H](C)O)C(=O)N12. The summed E-state index contributed by atoms with van der Waals surface area (Å²) in [5.74, 6) is -2.05. The maximum Gasteiger partial charge on any atom is 0.358 e. The lowest BCUT2D eigenvalue weighted by Gasteiger charge is -2.46. The Morgan fingerprint density at radius 3 is 2.68 bits per heavy atom. The second kappa shape index (κ2) is 4.85. The molecule has 0 spiro atoms. The van der Waals surface area contributed by atoms with Gasteiger partial charge in [0, 0.05) is 5.92 Å². The number of carbonyl (C=O) groups excluding carboxylic acids is 2. The van der Waals surface area contributed by atoms with E-state index in [9.17, 15) is 19.8 Å². The molecule has 2 aliphatic heterocycles. The minimum Gasteiger partial charge on any atom is -0.509 e. The molecule has 2 N–H and O–H groups in total. The maximum atomic E-state index is 12.0. The first-order chi connectivity index (χ1) is 8.91. The molecule has 0 unspecified atom stereocenters. The van der Waals surface area contributed by atoms with Crippen molar-refractivity contribution in [2.45, 2.75) is 39.3 Å². The Bertz CT molecular complexity index is 442. The van der Waals surface area contributed by atoms with Crippen molar-refractivity contribution in [2.24, 2.45) is 11.8 Å². The molecule has 6 nitrogen and oxygen atoms in total. The standard InChI is InChI=1S/C13H19NO5/c1-4-5-19-13(18)10-11(16)6(2)9-8(7(3)15)12(17)14(9)10/h6-9,15-16H,4-5H2,1-3H3/t6-,7-,8-,9-/m1/s1. The van der Waals surface area contributed by atoms with Gasteiger partial charge in [-0.05, 0) is 13.3 Å². The van der Waals surface area contributed by atoms with Crippen molar-refractivity contribution < 1.29 is 24.5 Å². The Labute approximate surface area is 111 Å². The number of aliphatic hydroxyl groups excluding tert-OH is 2. The molecule has 1 saturated heterocycles. The fourth-order valence-corrected chi connectivity index (χ4v) is 2.78. The lowest BCUT2D eigenvalue weighted by Crippen LogP contribution is -2.63. The van der Waals surface area contributed by atoms with Crippen LogP contribution >= 0.6 is 0 Å². The highest BCUT2D eigenvalue weighted by Gasteiger charge is 2.60. The van der Waals surface area contributed by atoms with E-state index < -0.39 is 18.0 Å². The van der Waals surface area contributed by atoms with Crippen LogP contribution in [0.5, 0.6) is 0 Å². The zero-order valence-electron chi connectivity index (χ0n) is 11.3. The van der Waals surface area contributed by atoms with E-state index in [1.165, 1.54) is 11.8 Å². The minimum atomic E-state index is -0.796. The molecule has 0 bridgehead atoms. The molecule has 2 rings (SSSR count). The summed E-state index contributed by atoms with van der Waals surface area (Å²) in [6.45, 7) is 5.38. The van der Waals surface area contributed by atoms with Crippen molar-refractivity contribution in [1.82, 2.24) is 4.90 Å². The topological polar surface area (TPSA) is 87.1 Å². The third-order valence-electron chi connectivity index (χ3n) is 3.77. The van der Waals surface area contributed by atoms with Crippen LogP contribution in [0.2, 0.25) is 0 Å². The van der Waals surface area contributed by atoms with Crippen molar-refractivity contribution in [3.8, 4) is 0 Å². The number of amides is 1. The molecule has 2 heterocycles. The molecule has 0 radical (unpaired) electrons. The summed E-state index contributed by atoms with van der Waals surface area (Å²) >= 11 is 0. The smallest absolute Gasteiger partial charge is 0.358 e. The Hall–Kier alpha value is -1.56. The first-order valence-corrected chi connectivity index (χ1v) is 6.53. The summed E-state index contributed by atoms with van der Waals surface area (Å²) < 4.78 is 4.98. The van der Waals surface area contributed by atoms with Gasteiger partial charge < -0.3 is 14.9 Å². The Balaban J connectivity index is 2.22. The summed E-state index contributed by atoms with van der Waals surface area (Å²) in [6, 6.07) is -0.350. The average molecular weight is 269 g/mol. The predicted molar refractivity (Wildman–Crippen MR) is 65.9 cm³/mol. The van der Waals surface area contributed by atoms with Crippen LogP contribution in [-0.2, 0) is 14.3 Å². The number of hydrogen-bond donors (Lipinski definition) is 2. The van der Waals surface area contributed by atoms with Crippen molar-refractivity contribution in [3.63, 3.8) is 0 Å². The fourth-order valence-electron chi connectivity index (χ4n) is 2.78. The molecule has 0 saturated carbocycles. The van der Waals surface area contributed by atoms with Crippen molar-refractivity contribution in [2.75, 3.05) is 6.61 Å². The lowest BCUT2D eigenvalue weighted by molar-refractivity contribution is -0.164. The van der Waals surface area contributed by atoms with Gasteiger partial charge in [-0.1, -0.05) is 13.8 Å². The number of nitrogens with zero attached hydrogens (tertiary/aromatic N) is 1.